The molecular weight excluding hydrogens is 202 g/mol. The molecule has 1 fully saturated rings. The minimum atomic E-state index is 0.142. The maximum atomic E-state index is 11.2. The first-order chi connectivity index (χ1) is 7.75. The Morgan fingerprint density at radius 1 is 1.31 bits per heavy atom. The first kappa shape index (κ1) is 11.0. The van der Waals surface area contributed by atoms with Crippen molar-refractivity contribution in [2.75, 3.05) is 25.4 Å². The molecule has 0 atom stereocenters. The van der Waals surface area contributed by atoms with Gasteiger partial charge in [-0.15, -0.1) is 0 Å². The van der Waals surface area contributed by atoms with Gasteiger partial charge in [0, 0.05) is 38.3 Å². The van der Waals surface area contributed by atoms with Crippen LogP contribution in [-0.4, -0.2) is 30.4 Å². The zero-order chi connectivity index (χ0) is 11.4. The minimum Gasteiger partial charge on any atom is -0.398 e. The zero-order valence-electron chi connectivity index (χ0n) is 9.28. The maximum absolute atomic E-state index is 11.2. The van der Waals surface area contributed by atoms with Crippen molar-refractivity contribution in [1.29, 1.82) is 0 Å². The predicted molar refractivity (Wildman–Crippen MR) is 63.8 cm³/mol. The molecule has 0 bridgehead atoms. The standard InChI is InChI=1S/C12H17N3O/c13-11-4-2-1-3-10(11)9-15-7-5-12(16)14-6-8-15/h1-4H,5-9,13H2,(H,14,16). The second kappa shape index (κ2) is 4.99. The van der Waals surface area contributed by atoms with E-state index in [9.17, 15) is 4.79 Å². The second-order valence-corrected chi connectivity index (χ2v) is 4.07. The van der Waals surface area contributed by atoms with Crippen LogP contribution in [0.3, 0.4) is 0 Å². The summed E-state index contributed by atoms with van der Waals surface area (Å²) in [5.74, 6) is 0.142. The molecule has 1 aromatic carbocycles. The lowest BCUT2D eigenvalue weighted by Gasteiger charge is -2.19. The molecule has 16 heavy (non-hydrogen) atoms. The summed E-state index contributed by atoms with van der Waals surface area (Å²) in [6.45, 7) is 3.24. The molecule has 4 heteroatoms. The van der Waals surface area contributed by atoms with Crippen molar-refractivity contribution in [2.45, 2.75) is 13.0 Å². The first-order valence-corrected chi connectivity index (χ1v) is 5.58. The third kappa shape index (κ3) is 2.73. The summed E-state index contributed by atoms with van der Waals surface area (Å²) in [6.07, 6.45) is 0.576. The van der Waals surface area contributed by atoms with Crippen LogP contribution in [0.5, 0.6) is 0 Å². The Morgan fingerprint density at radius 3 is 2.94 bits per heavy atom. The van der Waals surface area contributed by atoms with E-state index in [1.54, 1.807) is 0 Å². The summed E-state index contributed by atoms with van der Waals surface area (Å²) >= 11 is 0. The summed E-state index contributed by atoms with van der Waals surface area (Å²) < 4.78 is 0. The molecule has 0 radical (unpaired) electrons. The van der Waals surface area contributed by atoms with Gasteiger partial charge in [-0.1, -0.05) is 18.2 Å². The summed E-state index contributed by atoms with van der Waals surface area (Å²) in [6, 6.07) is 7.88. The highest BCUT2D eigenvalue weighted by molar-refractivity contribution is 5.76. The van der Waals surface area contributed by atoms with Crippen LogP contribution in [-0.2, 0) is 11.3 Å². The van der Waals surface area contributed by atoms with Gasteiger partial charge in [-0.2, -0.15) is 0 Å². The van der Waals surface area contributed by atoms with Gasteiger partial charge in [-0.3, -0.25) is 9.69 Å². The van der Waals surface area contributed by atoms with E-state index in [2.05, 4.69) is 10.2 Å². The molecule has 1 aromatic rings. The highest BCUT2D eigenvalue weighted by atomic mass is 16.1. The average Bonchev–Trinajstić information content (AvgIpc) is 2.47. The number of nitrogen functional groups attached to an aromatic ring is 1. The maximum Gasteiger partial charge on any atom is 0.221 e. The van der Waals surface area contributed by atoms with Crippen LogP contribution in [0.15, 0.2) is 24.3 Å². The van der Waals surface area contributed by atoms with E-state index in [4.69, 9.17) is 5.73 Å². The number of amides is 1. The minimum absolute atomic E-state index is 0.142. The van der Waals surface area contributed by atoms with Crippen molar-refractivity contribution >= 4 is 11.6 Å². The number of anilines is 1. The molecule has 4 nitrogen and oxygen atoms in total. The van der Waals surface area contributed by atoms with E-state index in [-0.39, 0.29) is 5.91 Å². The number of carbonyl (C=O) groups is 1. The third-order valence-electron chi connectivity index (χ3n) is 2.85. The number of para-hydroxylation sites is 1. The highest BCUT2D eigenvalue weighted by Crippen LogP contribution is 2.13. The van der Waals surface area contributed by atoms with Crippen LogP contribution in [0.1, 0.15) is 12.0 Å². The van der Waals surface area contributed by atoms with Crippen molar-refractivity contribution < 1.29 is 4.79 Å². The molecule has 2 rings (SSSR count). The second-order valence-electron chi connectivity index (χ2n) is 4.07. The number of nitrogens with one attached hydrogen (secondary N) is 1. The van der Waals surface area contributed by atoms with E-state index < -0.39 is 0 Å². The van der Waals surface area contributed by atoms with Crippen molar-refractivity contribution in [3.05, 3.63) is 29.8 Å². The zero-order valence-corrected chi connectivity index (χ0v) is 9.28. The smallest absolute Gasteiger partial charge is 0.221 e. The molecule has 0 unspecified atom stereocenters. The Labute approximate surface area is 95.4 Å². The number of nitrogens with two attached hydrogens (primary N) is 1. The molecule has 3 N–H and O–H groups in total. The topological polar surface area (TPSA) is 58.4 Å². The fourth-order valence-corrected chi connectivity index (χ4v) is 1.89. The number of hydrogen-bond acceptors (Lipinski definition) is 3. The third-order valence-corrected chi connectivity index (χ3v) is 2.85. The van der Waals surface area contributed by atoms with Crippen molar-refractivity contribution in [3.63, 3.8) is 0 Å². The van der Waals surface area contributed by atoms with E-state index in [1.165, 1.54) is 0 Å². The molecule has 0 saturated carbocycles. The van der Waals surface area contributed by atoms with Gasteiger partial charge in [0.25, 0.3) is 0 Å². The van der Waals surface area contributed by atoms with Crippen molar-refractivity contribution in [1.82, 2.24) is 10.2 Å². The first-order valence-electron chi connectivity index (χ1n) is 5.58. The molecular formula is C12H17N3O. The van der Waals surface area contributed by atoms with E-state index in [1.807, 2.05) is 24.3 Å². The number of carbonyl (C=O) groups excluding carboxylic acids is 1. The molecule has 1 aliphatic heterocycles. The molecule has 1 aliphatic rings. The quantitative estimate of drug-likeness (QED) is 0.716. The van der Waals surface area contributed by atoms with Crippen molar-refractivity contribution in [3.8, 4) is 0 Å². The molecule has 86 valence electrons. The normalized spacial score (nSPS) is 17.9. The molecule has 0 aromatic heterocycles. The Morgan fingerprint density at radius 2 is 2.12 bits per heavy atom. The lowest BCUT2D eigenvalue weighted by molar-refractivity contribution is -0.120. The number of rotatable bonds is 2. The van der Waals surface area contributed by atoms with Gasteiger partial charge in [-0.25, -0.2) is 0 Å². The van der Waals surface area contributed by atoms with Gasteiger partial charge in [0.05, 0.1) is 0 Å². The van der Waals surface area contributed by atoms with Crippen LogP contribution in [0.4, 0.5) is 5.69 Å². The monoisotopic (exact) mass is 219 g/mol. The van der Waals surface area contributed by atoms with Crippen LogP contribution in [0.2, 0.25) is 0 Å². The lowest BCUT2D eigenvalue weighted by Crippen LogP contribution is -2.28. The van der Waals surface area contributed by atoms with Crippen LogP contribution in [0, 0.1) is 0 Å². The molecule has 1 saturated heterocycles. The highest BCUT2D eigenvalue weighted by Gasteiger charge is 2.13. The fourth-order valence-electron chi connectivity index (χ4n) is 1.89. The van der Waals surface area contributed by atoms with Crippen LogP contribution < -0.4 is 11.1 Å². The van der Waals surface area contributed by atoms with Crippen molar-refractivity contribution in [2.24, 2.45) is 0 Å². The van der Waals surface area contributed by atoms with Gasteiger partial charge >= 0.3 is 0 Å². The molecule has 1 amide bonds. The largest absolute Gasteiger partial charge is 0.398 e. The molecule has 1 heterocycles. The average molecular weight is 219 g/mol. The van der Waals surface area contributed by atoms with Gasteiger partial charge in [-0.05, 0) is 11.6 Å². The van der Waals surface area contributed by atoms with E-state index >= 15 is 0 Å². The van der Waals surface area contributed by atoms with Gasteiger partial charge in [0.2, 0.25) is 5.91 Å². The number of nitrogens with zero attached hydrogens (tertiary/aromatic N) is 1. The van der Waals surface area contributed by atoms with E-state index in [0.29, 0.717) is 6.42 Å². The van der Waals surface area contributed by atoms with Crippen LogP contribution >= 0.6 is 0 Å². The summed E-state index contributed by atoms with van der Waals surface area (Å²) in [7, 11) is 0. The Kier molecular flexibility index (Phi) is 3.41. The fraction of sp³-hybridized carbons (Fsp3) is 0.417. The predicted octanol–water partition coefficient (Wildman–Crippen LogP) is 0.591. The number of hydrogen-bond donors (Lipinski definition) is 2. The Hall–Kier alpha value is -1.55. The summed E-state index contributed by atoms with van der Waals surface area (Å²) in [4.78, 5) is 13.4. The van der Waals surface area contributed by atoms with Gasteiger partial charge < -0.3 is 11.1 Å². The summed E-state index contributed by atoms with van der Waals surface area (Å²) in [5, 5.41) is 2.86. The Balaban J connectivity index is 1.99. The molecule has 0 spiro atoms. The lowest BCUT2D eigenvalue weighted by atomic mass is 10.1. The van der Waals surface area contributed by atoms with E-state index in [0.717, 1.165) is 37.4 Å². The van der Waals surface area contributed by atoms with Gasteiger partial charge in [0.1, 0.15) is 0 Å². The van der Waals surface area contributed by atoms with Crippen LogP contribution in [0.25, 0.3) is 0 Å². The Bertz CT molecular complexity index is 378. The molecule has 0 aliphatic carbocycles. The van der Waals surface area contributed by atoms with Gasteiger partial charge in [0.15, 0.2) is 0 Å². The summed E-state index contributed by atoms with van der Waals surface area (Å²) in [5.41, 5.74) is 7.86. The number of benzene rings is 1. The SMILES string of the molecule is Nc1ccccc1CN1CCNC(=O)CC1.